The Morgan fingerprint density at radius 2 is 1.90 bits per heavy atom. The lowest BCUT2D eigenvalue weighted by atomic mass is 10.1. The second-order valence-corrected chi connectivity index (χ2v) is 5.18. The van der Waals surface area contributed by atoms with Gasteiger partial charge in [0.05, 0.1) is 4.92 Å². The maximum Gasteiger partial charge on any atom is 0.288 e. The number of halogens is 2. The molecule has 0 aromatic heterocycles. The second kappa shape index (κ2) is 6.69. The van der Waals surface area contributed by atoms with Crippen molar-refractivity contribution >= 4 is 44.8 Å². The molecule has 2 aromatic rings. The maximum absolute atomic E-state index is 12.0. The number of hydrogen-bond acceptors (Lipinski definition) is 3. The van der Waals surface area contributed by atoms with Crippen molar-refractivity contribution in [1.29, 1.82) is 0 Å². The summed E-state index contributed by atoms with van der Waals surface area (Å²) in [7, 11) is 0. The minimum absolute atomic E-state index is 0.0209. The zero-order valence-electron chi connectivity index (χ0n) is 10.7. The van der Waals surface area contributed by atoms with Crippen molar-refractivity contribution in [3.8, 4) is 0 Å². The van der Waals surface area contributed by atoms with Gasteiger partial charge >= 0.3 is 0 Å². The van der Waals surface area contributed by atoms with Crippen LogP contribution in [-0.2, 0) is 5.33 Å². The molecule has 7 heteroatoms. The lowest BCUT2D eigenvalue weighted by molar-refractivity contribution is -0.384. The Morgan fingerprint density at radius 3 is 2.43 bits per heavy atom. The van der Waals surface area contributed by atoms with Crippen molar-refractivity contribution in [2.45, 2.75) is 5.33 Å². The fraction of sp³-hybridized carbons (Fsp3) is 0.0714. The molecule has 0 saturated heterocycles. The first-order valence-corrected chi connectivity index (χ1v) is 7.41. The Balaban J connectivity index is 2.15. The molecular formula is C14H10BrClN2O3. The van der Waals surface area contributed by atoms with Crippen molar-refractivity contribution in [3.05, 3.63) is 68.7 Å². The predicted octanol–water partition coefficient (Wildman–Crippen LogP) is 4.40. The van der Waals surface area contributed by atoms with Crippen LogP contribution in [-0.4, -0.2) is 10.8 Å². The number of benzene rings is 2. The number of carbonyl (C=O) groups is 1. The smallest absolute Gasteiger partial charge is 0.288 e. The molecule has 2 rings (SSSR count). The van der Waals surface area contributed by atoms with Gasteiger partial charge in [0.2, 0.25) is 0 Å². The maximum atomic E-state index is 12.0. The standard InChI is InChI=1S/C14H10BrClN2O3/c15-8-9-1-3-10(4-2-9)14(19)17-11-5-6-13(18(20)21)12(16)7-11/h1-7H,8H2,(H,17,19). The molecule has 0 radical (unpaired) electrons. The molecule has 1 amide bonds. The van der Waals surface area contributed by atoms with Crippen molar-refractivity contribution in [3.63, 3.8) is 0 Å². The van der Waals surface area contributed by atoms with Crippen molar-refractivity contribution in [2.75, 3.05) is 5.32 Å². The van der Waals surface area contributed by atoms with Crippen LogP contribution in [0.5, 0.6) is 0 Å². The SMILES string of the molecule is O=C(Nc1ccc([N+](=O)[O-])c(Cl)c1)c1ccc(CBr)cc1. The molecule has 0 aliphatic rings. The van der Waals surface area contributed by atoms with Gasteiger partial charge in [0.25, 0.3) is 11.6 Å². The number of carbonyl (C=O) groups excluding carboxylic acids is 1. The Bertz CT molecular complexity index is 689. The molecule has 0 aliphatic heterocycles. The monoisotopic (exact) mass is 368 g/mol. The van der Waals surface area contributed by atoms with Crippen LogP contribution >= 0.6 is 27.5 Å². The third-order valence-electron chi connectivity index (χ3n) is 2.77. The zero-order chi connectivity index (χ0) is 15.4. The minimum Gasteiger partial charge on any atom is -0.322 e. The number of nitrogens with one attached hydrogen (secondary N) is 1. The molecule has 2 aromatic carbocycles. The molecule has 0 aliphatic carbocycles. The summed E-state index contributed by atoms with van der Waals surface area (Å²) in [5.74, 6) is -0.305. The largest absolute Gasteiger partial charge is 0.322 e. The fourth-order valence-corrected chi connectivity index (χ4v) is 2.30. The molecule has 0 fully saturated rings. The third-order valence-corrected chi connectivity index (χ3v) is 3.72. The van der Waals surface area contributed by atoms with E-state index in [1.54, 1.807) is 12.1 Å². The molecular weight excluding hydrogens is 360 g/mol. The summed E-state index contributed by atoms with van der Waals surface area (Å²) < 4.78 is 0. The number of alkyl halides is 1. The fourth-order valence-electron chi connectivity index (χ4n) is 1.68. The predicted molar refractivity (Wildman–Crippen MR) is 85.1 cm³/mol. The number of hydrogen-bond donors (Lipinski definition) is 1. The summed E-state index contributed by atoms with van der Waals surface area (Å²) in [5, 5.41) is 14.0. The van der Waals surface area contributed by atoms with E-state index in [-0.39, 0.29) is 16.6 Å². The van der Waals surface area contributed by atoms with E-state index in [9.17, 15) is 14.9 Å². The van der Waals surface area contributed by atoms with Crippen LogP contribution in [0.15, 0.2) is 42.5 Å². The number of nitro benzene ring substituents is 1. The van der Waals surface area contributed by atoms with E-state index in [2.05, 4.69) is 21.2 Å². The first kappa shape index (κ1) is 15.5. The molecule has 0 atom stereocenters. The van der Waals surface area contributed by atoms with Gasteiger partial charge in [-0.1, -0.05) is 39.7 Å². The van der Waals surface area contributed by atoms with E-state index in [0.717, 1.165) is 5.56 Å². The topological polar surface area (TPSA) is 72.2 Å². The summed E-state index contributed by atoms with van der Waals surface area (Å²) in [6.07, 6.45) is 0. The highest BCUT2D eigenvalue weighted by molar-refractivity contribution is 9.08. The molecule has 0 bridgehead atoms. The van der Waals surface area contributed by atoms with Crippen LogP contribution in [0.4, 0.5) is 11.4 Å². The van der Waals surface area contributed by atoms with Gasteiger partial charge in [0.1, 0.15) is 5.02 Å². The quantitative estimate of drug-likeness (QED) is 0.493. The first-order chi connectivity index (χ1) is 10.0. The number of nitro groups is 1. The molecule has 0 spiro atoms. The lowest BCUT2D eigenvalue weighted by Crippen LogP contribution is -2.11. The van der Waals surface area contributed by atoms with Crippen molar-refractivity contribution in [2.24, 2.45) is 0 Å². The van der Waals surface area contributed by atoms with Crippen molar-refractivity contribution < 1.29 is 9.72 Å². The van der Waals surface area contributed by atoms with Crippen LogP contribution in [0.3, 0.4) is 0 Å². The number of nitrogens with zero attached hydrogens (tertiary/aromatic N) is 1. The molecule has 5 nitrogen and oxygen atoms in total. The van der Waals surface area contributed by atoms with Crippen LogP contribution in [0.2, 0.25) is 5.02 Å². The van der Waals surface area contributed by atoms with E-state index in [4.69, 9.17) is 11.6 Å². The summed E-state index contributed by atoms with van der Waals surface area (Å²) in [6, 6.07) is 11.1. The van der Waals surface area contributed by atoms with E-state index >= 15 is 0 Å². The number of anilines is 1. The molecule has 0 unspecified atom stereocenters. The minimum atomic E-state index is -0.576. The van der Waals surface area contributed by atoms with Crippen LogP contribution in [0.25, 0.3) is 0 Å². The van der Waals surface area contributed by atoms with Gasteiger partial charge in [-0.3, -0.25) is 14.9 Å². The molecule has 0 heterocycles. The van der Waals surface area contributed by atoms with Gasteiger partial charge in [-0.2, -0.15) is 0 Å². The van der Waals surface area contributed by atoms with Crippen LogP contribution in [0.1, 0.15) is 15.9 Å². The van der Waals surface area contributed by atoms with Crippen LogP contribution in [0, 0.1) is 10.1 Å². The average molecular weight is 370 g/mol. The van der Waals surface area contributed by atoms with Gasteiger partial charge in [0, 0.05) is 22.6 Å². The first-order valence-electron chi connectivity index (χ1n) is 5.91. The van der Waals surface area contributed by atoms with Crippen LogP contribution < -0.4 is 5.32 Å². The molecule has 108 valence electrons. The summed E-state index contributed by atoms with van der Waals surface area (Å²) in [5.41, 5.74) is 1.76. The van der Waals surface area contributed by atoms with Gasteiger partial charge < -0.3 is 5.32 Å². The third kappa shape index (κ3) is 3.80. The Morgan fingerprint density at radius 1 is 1.24 bits per heavy atom. The van der Waals surface area contributed by atoms with Gasteiger partial charge in [0.15, 0.2) is 0 Å². The number of amides is 1. The van der Waals surface area contributed by atoms with Gasteiger partial charge in [-0.25, -0.2) is 0 Å². The van der Waals surface area contributed by atoms with Gasteiger partial charge in [-0.15, -0.1) is 0 Å². The molecule has 1 N–H and O–H groups in total. The lowest BCUT2D eigenvalue weighted by Gasteiger charge is -2.06. The highest BCUT2D eigenvalue weighted by atomic mass is 79.9. The molecule has 0 saturated carbocycles. The summed E-state index contributed by atoms with van der Waals surface area (Å²) >= 11 is 9.12. The molecule has 21 heavy (non-hydrogen) atoms. The normalized spacial score (nSPS) is 10.2. The highest BCUT2D eigenvalue weighted by Gasteiger charge is 2.13. The number of rotatable bonds is 4. The Labute approximate surface area is 134 Å². The second-order valence-electron chi connectivity index (χ2n) is 4.21. The van der Waals surface area contributed by atoms with E-state index in [1.165, 1.54) is 18.2 Å². The van der Waals surface area contributed by atoms with E-state index in [0.29, 0.717) is 16.6 Å². The summed E-state index contributed by atoms with van der Waals surface area (Å²) in [6.45, 7) is 0. The van der Waals surface area contributed by atoms with Crippen molar-refractivity contribution in [1.82, 2.24) is 0 Å². The Kier molecular flexibility index (Phi) is 4.93. The Hall–Kier alpha value is -1.92. The summed E-state index contributed by atoms with van der Waals surface area (Å²) in [4.78, 5) is 22.1. The highest BCUT2D eigenvalue weighted by Crippen LogP contribution is 2.27. The van der Waals surface area contributed by atoms with E-state index in [1.807, 2.05) is 12.1 Å². The van der Waals surface area contributed by atoms with E-state index < -0.39 is 4.92 Å². The average Bonchev–Trinajstić information content (AvgIpc) is 2.47. The van der Waals surface area contributed by atoms with Gasteiger partial charge in [-0.05, 0) is 29.8 Å². The zero-order valence-corrected chi connectivity index (χ0v) is 13.0.